The minimum atomic E-state index is -0.339. The van der Waals surface area contributed by atoms with Gasteiger partial charge in [-0.2, -0.15) is 0 Å². The van der Waals surface area contributed by atoms with Gasteiger partial charge in [-0.3, -0.25) is 0 Å². The van der Waals surface area contributed by atoms with Crippen molar-refractivity contribution in [1.82, 2.24) is 0 Å². The van der Waals surface area contributed by atoms with E-state index >= 15 is 0 Å². The van der Waals surface area contributed by atoms with Crippen molar-refractivity contribution in [2.45, 2.75) is 116 Å². The summed E-state index contributed by atoms with van der Waals surface area (Å²) in [5, 5.41) is 0. The first-order valence-electron chi connectivity index (χ1n) is 13.9. The van der Waals surface area contributed by atoms with Gasteiger partial charge in [0.25, 0.3) is 0 Å². The largest absolute Gasteiger partial charge is 0.494 e. The highest BCUT2D eigenvalue weighted by molar-refractivity contribution is 6.17. The Bertz CT molecular complexity index is 612. The van der Waals surface area contributed by atoms with Gasteiger partial charge >= 0.3 is 5.97 Å². The Morgan fingerprint density at radius 2 is 1.21 bits per heavy atom. The lowest BCUT2D eigenvalue weighted by Gasteiger charge is -2.07. The fraction of sp³-hybridized carbons (Fsp3) is 0.700. The third kappa shape index (κ3) is 18.9. The molecule has 194 valence electrons. The molecule has 4 heteroatoms. The van der Waals surface area contributed by atoms with E-state index in [1.165, 1.54) is 102 Å². The van der Waals surface area contributed by atoms with Crippen LogP contribution >= 0.6 is 11.6 Å². The first-order chi connectivity index (χ1) is 16.8. The van der Waals surface area contributed by atoms with Crippen LogP contribution in [0.2, 0.25) is 0 Å². The minimum Gasteiger partial charge on any atom is -0.494 e. The van der Waals surface area contributed by atoms with E-state index in [0.29, 0.717) is 18.9 Å². The molecule has 0 bridgehead atoms. The molecule has 3 nitrogen and oxygen atoms in total. The monoisotopic (exact) mass is 492 g/mol. The van der Waals surface area contributed by atoms with Crippen molar-refractivity contribution in [2.75, 3.05) is 19.1 Å². The summed E-state index contributed by atoms with van der Waals surface area (Å²) in [6.07, 6.45) is 25.9. The van der Waals surface area contributed by atoms with Crippen LogP contribution in [0, 0.1) is 0 Å². The zero-order valence-electron chi connectivity index (χ0n) is 21.7. The summed E-state index contributed by atoms with van der Waals surface area (Å²) in [7, 11) is 0. The van der Waals surface area contributed by atoms with E-state index in [-0.39, 0.29) is 5.97 Å². The van der Waals surface area contributed by atoms with E-state index in [1.807, 2.05) is 24.3 Å². The van der Waals surface area contributed by atoms with Gasteiger partial charge in [0.1, 0.15) is 5.75 Å². The molecular weight excluding hydrogens is 444 g/mol. The lowest BCUT2D eigenvalue weighted by Crippen LogP contribution is -2.02. The summed E-state index contributed by atoms with van der Waals surface area (Å²) in [5.41, 5.74) is 0.948. The molecule has 0 saturated carbocycles. The Morgan fingerprint density at radius 3 is 1.71 bits per heavy atom. The minimum absolute atomic E-state index is 0.339. The maximum absolute atomic E-state index is 11.6. The van der Waals surface area contributed by atoms with E-state index in [9.17, 15) is 4.79 Å². The van der Waals surface area contributed by atoms with Crippen LogP contribution in [0.5, 0.6) is 5.75 Å². The standard InChI is InChI=1S/C30H49ClO3/c1-2-3-4-5-6-7-8-9-10-11-12-13-14-15-16-17-26-33-29-22-19-28(20-23-29)21-24-30(32)34-27-18-25-31/h19-24H,2-18,25-27H2,1H3/b24-21+. The number of benzene rings is 1. The second-order valence-corrected chi connectivity index (χ2v) is 9.64. The average molecular weight is 493 g/mol. The summed E-state index contributed by atoms with van der Waals surface area (Å²) in [6.45, 7) is 3.41. The van der Waals surface area contributed by atoms with Crippen molar-refractivity contribution >= 4 is 23.6 Å². The number of carbonyl (C=O) groups excluding carboxylic acids is 1. The number of rotatable bonds is 23. The Balaban J connectivity index is 1.91. The van der Waals surface area contributed by atoms with E-state index in [2.05, 4.69) is 6.92 Å². The number of esters is 1. The second-order valence-electron chi connectivity index (χ2n) is 9.26. The van der Waals surface area contributed by atoms with Crippen molar-refractivity contribution in [3.8, 4) is 5.75 Å². The second kappa shape index (κ2) is 23.3. The van der Waals surface area contributed by atoms with E-state index in [4.69, 9.17) is 21.1 Å². The van der Waals surface area contributed by atoms with Crippen LogP contribution < -0.4 is 4.74 Å². The molecule has 34 heavy (non-hydrogen) atoms. The molecule has 0 fully saturated rings. The Hall–Kier alpha value is -1.48. The number of ether oxygens (including phenoxy) is 2. The highest BCUT2D eigenvalue weighted by atomic mass is 35.5. The summed E-state index contributed by atoms with van der Waals surface area (Å²) in [6, 6.07) is 7.80. The lowest BCUT2D eigenvalue weighted by atomic mass is 10.0. The predicted octanol–water partition coefficient (Wildman–Crippen LogP) is 9.51. The van der Waals surface area contributed by atoms with Crippen molar-refractivity contribution in [2.24, 2.45) is 0 Å². The normalized spacial score (nSPS) is 11.2. The lowest BCUT2D eigenvalue weighted by molar-refractivity contribution is -0.137. The molecule has 1 aromatic carbocycles. The Labute approximate surface area is 214 Å². The smallest absolute Gasteiger partial charge is 0.330 e. The molecular formula is C30H49ClO3. The van der Waals surface area contributed by atoms with Crippen molar-refractivity contribution < 1.29 is 14.3 Å². The van der Waals surface area contributed by atoms with E-state index in [0.717, 1.165) is 24.3 Å². The molecule has 0 amide bonds. The van der Waals surface area contributed by atoms with Crippen LogP contribution in [-0.4, -0.2) is 25.1 Å². The van der Waals surface area contributed by atoms with Gasteiger partial charge in [0.15, 0.2) is 0 Å². The van der Waals surface area contributed by atoms with Gasteiger partial charge in [-0.25, -0.2) is 4.79 Å². The van der Waals surface area contributed by atoms with E-state index in [1.54, 1.807) is 6.08 Å². The molecule has 1 rings (SSSR count). The third-order valence-corrected chi connectivity index (χ3v) is 6.35. The molecule has 0 aliphatic heterocycles. The Kier molecular flexibility index (Phi) is 20.9. The number of unbranched alkanes of at least 4 members (excludes halogenated alkanes) is 15. The predicted molar refractivity (Wildman–Crippen MR) is 147 cm³/mol. The SMILES string of the molecule is CCCCCCCCCCCCCCCCCCOc1ccc(/C=C/C(=O)OCCCCl)cc1. The van der Waals surface area contributed by atoms with Gasteiger partial charge in [0, 0.05) is 12.0 Å². The average Bonchev–Trinajstić information content (AvgIpc) is 2.85. The summed E-state index contributed by atoms with van der Waals surface area (Å²) >= 11 is 5.56. The Morgan fingerprint density at radius 1 is 0.706 bits per heavy atom. The molecule has 1 aromatic rings. The third-order valence-electron chi connectivity index (χ3n) is 6.08. The van der Waals surface area contributed by atoms with Crippen molar-refractivity contribution in [3.63, 3.8) is 0 Å². The summed E-state index contributed by atoms with van der Waals surface area (Å²) in [5.74, 6) is 1.04. The van der Waals surface area contributed by atoms with Crippen LogP contribution in [0.3, 0.4) is 0 Å². The number of hydrogen-bond acceptors (Lipinski definition) is 3. The first kappa shape index (κ1) is 30.6. The van der Waals surface area contributed by atoms with Crippen LogP contribution in [0.25, 0.3) is 6.08 Å². The molecule has 0 N–H and O–H groups in total. The molecule has 0 unspecified atom stereocenters. The number of hydrogen-bond donors (Lipinski definition) is 0. The molecule has 0 radical (unpaired) electrons. The van der Waals surface area contributed by atoms with Gasteiger partial charge in [-0.05, 0) is 36.6 Å². The van der Waals surface area contributed by atoms with E-state index < -0.39 is 0 Å². The van der Waals surface area contributed by atoms with Crippen molar-refractivity contribution in [1.29, 1.82) is 0 Å². The number of halogens is 1. The number of carbonyl (C=O) groups is 1. The molecule has 0 spiro atoms. The maximum atomic E-state index is 11.6. The fourth-order valence-corrected chi connectivity index (χ4v) is 4.06. The summed E-state index contributed by atoms with van der Waals surface area (Å²) < 4.78 is 10.9. The quantitative estimate of drug-likeness (QED) is 0.0659. The highest BCUT2D eigenvalue weighted by Crippen LogP contribution is 2.16. The van der Waals surface area contributed by atoms with Gasteiger partial charge in [-0.15, -0.1) is 11.6 Å². The molecule has 0 aliphatic carbocycles. The maximum Gasteiger partial charge on any atom is 0.330 e. The molecule has 0 saturated heterocycles. The zero-order chi connectivity index (χ0) is 24.5. The topological polar surface area (TPSA) is 35.5 Å². The highest BCUT2D eigenvalue weighted by Gasteiger charge is 1.99. The summed E-state index contributed by atoms with van der Waals surface area (Å²) in [4.78, 5) is 11.6. The number of alkyl halides is 1. The molecule has 0 aromatic heterocycles. The van der Waals surface area contributed by atoms with Gasteiger partial charge in [0.05, 0.1) is 13.2 Å². The molecule has 0 atom stereocenters. The molecule has 0 heterocycles. The first-order valence-corrected chi connectivity index (χ1v) is 14.4. The van der Waals surface area contributed by atoms with Crippen LogP contribution in [0.4, 0.5) is 0 Å². The van der Waals surface area contributed by atoms with Crippen molar-refractivity contribution in [3.05, 3.63) is 35.9 Å². The fourth-order valence-electron chi connectivity index (χ4n) is 3.96. The van der Waals surface area contributed by atoms with Crippen LogP contribution in [0.1, 0.15) is 122 Å². The van der Waals surface area contributed by atoms with Gasteiger partial charge < -0.3 is 9.47 Å². The van der Waals surface area contributed by atoms with Gasteiger partial charge in [0.2, 0.25) is 0 Å². The van der Waals surface area contributed by atoms with Gasteiger partial charge in [-0.1, -0.05) is 115 Å². The zero-order valence-corrected chi connectivity index (χ0v) is 22.5. The van der Waals surface area contributed by atoms with Crippen LogP contribution in [0.15, 0.2) is 30.3 Å². The van der Waals surface area contributed by atoms with Crippen LogP contribution in [-0.2, 0) is 9.53 Å². The molecule has 0 aliphatic rings.